The van der Waals surface area contributed by atoms with E-state index in [2.05, 4.69) is 17.1 Å². The highest BCUT2D eigenvalue weighted by molar-refractivity contribution is 6.31. The summed E-state index contributed by atoms with van der Waals surface area (Å²) in [5.41, 5.74) is 3.26. The minimum atomic E-state index is -0.0851. The molecule has 3 aromatic rings. The Hall–Kier alpha value is -2.37. The fourth-order valence-electron chi connectivity index (χ4n) is 3.48. The van der Waals surface area contributed by atoms with Gasteiger partial charge in [-0.25, -0.2) is 0 Å². The average molecular weight is 401 g/mol. The number of benzene rings is 2. The van der Waals surface area contributed by atoms with E-state index in [4.69, 9.17) is 23.2 Å². The Labute approximate surface area is 167 Å². The maximum absolute atomic E-state index is 13.2. The molecule has 1 amide bonds. The van der Waals surface area contributed by atoms with Crippen molar-refractivity contribution in [1.29, 1.82) is 0 Å². The fraction of sp³-hybridized carbons (Fsp3) is 0.250. The molecule has 0 fully saturated rings. The van der Waals surface area contributed by atoms with Gasteiger partial charge in [-0.1, -0.05) is 30.1 Å². The molecular weight excluding hydrogens is 383 g/mol. The van der Waals surface area contributed by atoms with E-state index in [1.165, 1.54) is 0 Å². The summed E-state index contributed by atoms with van der Waals surface area (Å²) in [5.74, 6) is 1.40. The second-order valence-electron chi connectivity index (χ2n) is 6.59. The molecule has 0 unspecified atom stereocenters. The average Bonchev–Trinajstić information content (AvgIpc) is 2.94. The van der Waals surface area contributed by atoms with Gasteiger partial charge >= 0.3 is 0 Å². The quantitative estimate of drug-likeness (QED) is 0.617. The molecule has 1 aliphatic heterocycles. The second-order valence-corrected chi connectivity index (χ2v) is 7.46. The zero-order chi connectivity index (χ0) is 19.1. The van der Waals surface area contributed by atoms with Crippen LogP contribution < -0.4 is 4.90 Å². The number of aromatic nitrogens is 3. The van der Waals surface area contributed by atoms with Crippen LogP contribution in [0.15, 0.2) is 36.4 Å². The van der Waals surface area contributed by atoms with Crippen LogP contribution >= 0.6 is 23.2 Å². The molecule has 7 heteroatoms. The third-order valence-electron chi connectivity index (χ3n) is 4.65. The van der Waals surface area contributed by atoms with E-state index >= 15 is 0 Å². The van der Waals surface area contributed by atoms with Gasteiger partial charge in [0, 0.05) is 16.5 Å². The number of carbonyl (C=O) groups is 1. The lowest BCUT2D eigenvalue weighted by Crippen LogP contribution is -2.27. The maximum atomic E-state index is 13.2. The minimum Gasteiger partial charge on any atom is -0.280 e. The normalized spacial score (nSPS) is 13.3. The molecule has 1 aliphatic rings. The van der Waals surface area contributed by atoms with Gasteiger partial charge in [-0.05, 0) is 55.3 Å². The van der Waals surface area contributed by atoms with Crippen molar-refractivity contribution < 1.29 is 4.79 Å². The molecule has 2 aromatic carbocycles. The first kappa shape index (κ1) is 18.0. The van der Waals surface area contributed by atoms with Gasteiger partial charge in [0.15, 0.2) is 0 Å². The Kier molecular flexibility index (Phi) is 4.66. The molecule has 5 nitrogen and oxygen atoms in total. The molecule has 27 heavy (non-hydrogen) atoms. The number of carbonyl (C=O) groups excluding carboxylic acids is 1. The van der Waals surface area contributed by atoms with Gasteiger partial charge in [-0.3, -0.25) is 14.3 Å². The van der Waals surface area contributed by atoms with E-state index in [0.29, 0.717) is 21.6 Å². The first-order valence-corrected chi connectivity index (χ1v) is 9.57. The standard InChI is InChI=1S/C20H18Cl2N4O/c1-3-4-18-23-24-19-11-20(27)25(15-7-5-13(21)9-12(15)2)17-10-14(22)6-8-16(17)26(18)19/h5-10H,3-4,11H2,1-2H3. The summed E-state index contributed by atoms with van der Waals surface area (Å²) in [6.07, 6.45) is 1.88. The number of amides is 1. The van der Waals surface area contributed by atoms with E-state index in [0.717, 1.165) is 35.6 Å². The van der Waals surface area contributed by atoms with Gasteiger partial charge < -0.3 is 0 Å². The number of rotatable bonds is 3. The molecule has 0 saturated heterocycles. The molecule has 0 spiro atoms. The first-order valence-electron chi connectivity index (χ1n) is 8.81. The second kappa shape index (κ2) is 6.98. The molecule has 0 radical (unpaired) electrons. The number of hydrogen-bond acceptors (Lipinski definition) is 3. The van der Waals surface area contributed by atoms with Gasteiger partial charge in [0.25, 0.3) is 0 Å². The Bertz CT molecular complexity index is 1040. The third-order valence-corrected chi connectivity index (χ3v) is 5.12. The SMILES string of the molecule is CCCc1nnc2n1-c1ccc(Cl)cc1N(c1ccc(Cl)cc1C)C(=O)C2. The summed E-state index contributed by atoms with van der Waals surface area (Å²) in [6.45, 7) is 4.03. The maximum Gasteiger partial charge on any atom is 0.239 e. The number of aryl methyl sites for hydroxylation is 2. The number of anilines is 2. The summed E-state index contributed by atoms with van der Waals surface area (Å²) < 4.78 is 1.98. The van der Waals surface area contributed by atoms with Crippen molar-refractivity contribution in [2.45, 2.75) is 33.1 Å². The topological polar surface area (TPSA) is 51.0 Å². The number of halogens is 2. The molecule has 0 N–H and O–H groups in total. The van der Waals surface area contributed by atoms with Crippen LogP contribution in [0.5, 0.6) is 0 Å². The van der Waals surface area contributed by atoms with Crippen LogP contribution in [-0.2, 0) is 17.6 Å². The van der Waals surface area contributed by atoms with Crippen LogP contribution in [-0.4, -0.2) is 20.7 Å². The lowest BCUT2D eigenvalue weighted by molar-refractivity contribution is -0.117. The Morgan fingerprint density at radius 2 is 1.70 bits per heavy atom. The number of hydrogen-bond donors (Lipinski definition) is 0. The van der Waals surface area contributed by atoms with Crippen LogP contribution in [0, 0.1) is 6.92 Å². The molecule has 0 aliphatic carbocycles. The van der Waals surface area contributed by atoms with E-state index in [1.54, 1.807) is 11.0 Å². The summed E-state index contributed by atoms with van der Waals surface area (Å²) in [6, 6.07) is 11.0. The zero-order valence-corrected chi connectivity index (χ0v) is 16.6. The van der Waals surface area contributed by atoms with Crippen LogP contribution in [0.4, 0.5) is 11.4 Å². The summed E-state index contributed by atoms with van der Waals surface area (Å²) in [5, 5.41) is 9.78. The highest BCUT2D eigenvalue weighted by atomic mass is 35.5. The van der Waals surface area contributed by atoms with Crippen LogP contribution in [0.1, 0.15) is 30.6 Å². The lowest BCUT2D eigenvalue weighted by atomic mass is 10.1. The Morgan fingerprint density at radius 1 is 1.00 bits per heavy atom. The first-order chi connectivity index (χ1) is 13.0. The Balaban J connectivity index is 1.98. The van der Waals surface area contributed by atoms with E-state index in [1.807, 2.05) is 41.8 Å². The summed E-state index contributed by atoms with van der Waals surface area (Å²) in [4.78, 5) is 14.9. The lowest BCUT2D eigenvalue weighted by Gasteiger charge is -2.25. The molecule has 0 atom stereocenters. The van der Waals surface area contributed by atoms with Crippen molar-refractivity contribution in [3.63, 3.8) is 0 Å². The Morgan fingerprint density at radius 3 is 2.41 bits per heavy atom. The highest BCUT2D eigenvalue weighted by Crippen LogP contribution is 2.39. The zero-order valence-electron chi connectivity index (χ0n) is 15.0. The van der Waals surface area contributed by atoms with Crippen LogP contribution in [0.25, 0.3) is 5.69 Å². The van der Waals surface area contributed by atoms with E-state index in [9.17, 15) is 4.79 Å². The highest BCUT2D eigenvalue weighted by Gasteiger charge is 2.30. The molecule has 138 valence electrons. The van der Waals surface area contributed by atoms with Crippen molar-refractivity contribution in [2.24, 2.45) is 0 Å². The smallest absolute Gasteiger partial charge is 0.239 e. The fourth-order valence-corrected chi connectivity index (χ4v) is 3.87. The summed E-state index contributed by atoms with van der Waals surface area (Å²) in [7, 11) is 0. The molecule has 4 rings (SSSR count). The van der Waals surface area contributed by atoms with Crippen molar-refractivity contribution in [3.05, 3.63) is 63.7 Å². The molecule has 1 aromatic heterocycles. The minimum absolute atomic E-state index is 0.0851. The van der Waals surface area contributed by atoms with E-state index < -0.39 is 0 Å². The number of nitrogens with zero attached hydrogens (tertiary/aromatic N) is 4. The molecule has 2 heterocycles. The predicted octanol–water partition coefficient (Wildman–Crippen LogP) is 5.06. The van der Waals surface area contributed by atoms with Crippen LogP contribution in [0.3, 0.4) is 0 Å². The van der Waals surface area contributed by atoms with Crippen molar-refractivity contribution in [1.82, 2.24) is 14.8 Å². The van der Waals surface area contributed by atoms with Gasteiger partial charge in [0.1, 0.15) is 11.6 Å². The van der Waals surface area contributed by atoms with Crippen molar-refractivity contribution in [3.8, 4) is 5.69 Å². The molecule has 0 bridgehead atoms. The van der Waals surface area contributed by atoms with Gasteiger partial charge in [0.05, 0.1) is 23.5 Å². The molecular formula is C20H18Cl2N4O. The van der Waals surface area contributed by atoms with Crippen molar-refractivity contribution in [2.75, 3.05) is 4.90 Å². The summed E-state index contributed by atoms with van der Waals surface area (Å²) >= 11 is 12.4. The van der Waals surface area contributed by atoms with Crippen LogP contribution in [0.2, 0.25) is 10.0 Å². The number of fused-ring (bicyclic) bond motifs is 3. The van der Waals surface area contributed by atoms with Gasteiger partial charge in [0.2, 0.25) is 5.91 Å². The monoisotopic (exact) mass is 400 g/mol. The largest absolute Gasteiger partial charge is 0.280 e. The third kappa shape index (κ3) is 3.11. The van der Waals surface area contributed by atoms with Crippen molar-refractivity contribution >= 4 is 40.5 Å². The predicted molar refractivity (Wildman–Crippen MR) is 107 cm³/mol. The van der Waals surface area contributed by atoms with E-state index in [-0.39, 0.29) is 12.3 Å². The van der Waals surface area contributed by atoms with Gasteiger partial charge in [-0.15, -0.1) is 10.2 Å². The van der Waals surface area contributed by atoms with Gasteiger partial charge in [-0.2, -0.15) is 0 Å². The molecule has 0 saturated carbocycles.